The monoisotopic (exact) mass is 232 g/mol. The molecule has 0 atom stereocenters. The Morgan fingerprint density at radius 3 is 1.62 bits per heavy atom. The van der Waals surface area contributed by atoms with Gasteiger partial charge in [-0.15, -0.1) is 0 Å². The molecule has 0 bridgehead atoms. The maximum atomic E-state index is 9.87. The van der Waals surface area contributed by atoms with E-state index in [2.05, 4.69) is 6.92 Å². The van der Waals surface area contributed by atoms with E-state index in [0.29, 0.717) is 18.6 Å². The van der Waals surface area contributed by atoms with Gasteiger partial charge < -0.3 is 15.3 Å². The second-order valence-corrected chi connectivity index (χ2v) is 2.86. The molecule has 0 aromatic heterocycles. The number of carbonyl (C=O) groups is 3. The quantitative estimate of drug-likeness (QED) is 0.471. The van der Waals surface area contributed by atoms with E-state index < -0.39 is 17.9 Å². The second kappa shape index (κ2) is 11.2. The van der Waals surface area contributed by atoms with Gasteiger partial charge in [-0.1, -0.05) is 19.8 Å². The standard InChI is InChI=1S/C6H12O2.C4H4O4/c1-2-3-4-5-6(7)8;5-3(6)1-2-4(7)8/h2-5H2,1H3,(H,7,8);1-2H,(H,5,6)(H,7,8). The number of unbranched alkanes of at least 4 members (excludes halogenated alkanes) is 2. The molecule has 0 amide bonds. The summed E-state index contributed by atoms with van der Waals surface area (Å²) in [6.07, 6.45) is 4.39. The minimum absolute atomic E-state index is 0.327. The molecule has 0 unspecified atom stereocenters. The molecule has 0 saturated heterocycles. The van der Waals surface area contributed by atoms with Crippen molar-refractivity contribution in [3.63, 3.8) is 0 Å². The number of carboxylic acids is 3. The summed E-state index contributed by atoms with van der Waals surface area (Å²) < 4.78 is 0. The molecule has 0 heterocycles. The average Bonchev–Trinajstić information content (AvgIpc) is 2.16. The fraction of sp³-hybridized carbons (Fsp3) is 0.500. The van der Waals surface area contributed by atoms with E-state index in [-0.39, 0.29) is 0 Å². The minimum atomic E-state index is -1.26. The Morgan fingerprint density at radius 2 is 1.38 bits per heavy atom. The topological polar surface area (TPSA) is 112 Å². The highest BCUT2D eigenvalue weighted by Crippen LogP contribution is 1.97. The molecule has 0 aliphatic rings. The average molecular weight is 232 g/mol. The Kier molecular flexibility index (Phi) is 11.6. The van der Waals surface area contributed by atoms with Gasteiger partial charge in [-0.2, -0.15) is 0 Å². The Hall–Kier alpha value is -1.85. The van der Waals surface area contributed by atoms with Crippen LogP contribution in [0.15, 0.2) is 12.2 Å². The lowest BCUT2D eigenvalue weighted by molar-refractivity contribution is -0.137. The first kappa shape index (κ1) is 16.6. The van der Waals surface area contributed by atoms with Gasteiger partial charge in [-0.25, -0.2) is 9.59 Å². The van der Waals surface area contributed by atoms with Gasteiger partial charge >= 0.3 is 17.9 Å². The van der Waals surface area contributed by atoms with Crippen LogP contribution in [0.1, 0.15) is 32.6 Å². The van der Waals surface area contributed by atoms with Crippen LogP contribution in [-0.2, 0) is 14.4 Å². The molecule has 6 heteroatoms. The van der Waals surface area contributed by atoms with Crippen molar-refractivity contribution >= 4 is 17.9 Å². The molecule has 0 spiro atoms. The van der Waals surface area contributed by atoms with Crippen LogP contribution in [-0.4, -0.2) is 33.2 Å². The predicted octanol–water partition coefficient (Wildman–Crippen LogP) is 1.36. The van der Waals surface area contributed by atoms with Gasteiger partial charge in [0.25, 0.3) is 0 Å². The van der Waals surface area contributed by atoms with Crippen LogP contribution in [0.2, 0.25) is 0 Å². The highest BCUT2D eigenvalue weighted by atomic mass is 16.4. The Bertz CT molecular complexity index is 240. The fourth-order valence-electron chi connectivity index (χ4n) is 0.669. The van der Waals surface area contributed by atoms with Crippen molar-refractivity contribution in [3.05, 3.63) is 12.2 Å². The molecule has 3 N–H and O–H groups in total. The van der Waals surface area contributed by atoms with Crippen LogP contribution in [0, 0.1) is 0 Å². The van der Waals surface area contributed by atoms with Gasteiger partial charge in [0.15, 0.2) is 0 Å². The molecule has 0 aliphatic heterocycles. The van der Waals surface area contributed by atoms with E-state index in [1.54, 1.807) is 0 Å². The van der Waals surface area contributed by atoms with Gasteiger partial charge in [0.1, 0.15) is 0 Å². The Balaban J connectivity index is 0. The Morgan fingerprint density at radius 1 is 0.938 bits per heavy atom. The third-order valence-corrected chi connectivity index (χ3v) is 1.36. The molecule has 0 aliphatic carbocycles. The molecular weight excluding hydrogens is 216 g/mol. The van der Waals surface area contributed by atoms with Crippen LogP contribution < -0.4 is 0 Å². The highest BCUT2D eigenvalue weighted by molar-refractivity contribution is 5.89. The molecule has 0 radical (unpaired) electrons. The van der Waals surface area contributed by atoms with Gasteiger partial charge in [0, 0.05) is 18.6 Å². The molecule has 92 valence electrons. The molecule has 0 rings (SSSR count). The summed E-state index contributed by atoms with van der Waals surface area (Å²) in [5.74, 6) is -3.20. The smallest absolute Gasteiger partial charge is 0.328 e. The summed E-state index contributed by atoms with van der Waals surface area (Å²) in [5.41, 5.74) is 0. The normalized spacial score (nSPS) is 9.31. The highest BCUT2D eigenvalue weighted by Gasteiger charge is 1.92. The summed E-state index contributed by atoms with van der Waals surface area (Å²) in [7, 11) is 0. The molecule has 0 fully saturated rings. The molecule has 0 aromatic carbocycles. The van der Waals surface area contributed by atoms with E-state index in [1.165, 1.54) is 0 Å². The van der Waals surface area contributed by atoms with Crippen LogP contribution >= 0.6 is 0 Å². The summed E-state index contributed by atoms with van der Waals surface area (Å²) in [6.45, 7) is 2.06. The van der Waals surface area contributed by atoms with Crippen molar-refractivity contribution in [1.29, 1.82) is 0 Å². The zero-order valence-electron chi connectivity index (χ0n) is 9.05. The third-order valence-electron chi connectivity index (χ3n) is 1.36. The van der Waals surface area contributed by atoms with Gasteiger partial charge in [-0.3, -0.25) is 4.79 Å². The first-order chi connectivity index (χ1) is 7.40. The third kappa shape index (κ3) is 22.7. The van der Waals surface area contributed by atoms with Crippen molar-refractivity contribution in [2.75, 3.05) is 0 Å². The zero-order valence-corrected chi connectivity index (χ0v) is 9.05. The molecule has 0 aromatic rings. The lowest BCUT2D eigenvalue weighted by Gasteiger charge is -1.89. The lowest BCUT2D eigenvalue weighted by Crippen LogP contribution is -1.92. The lowest BCUT2D eigenvalue weighted by atomic mass is 10.2. The first-order valence-corrected chi connectivity index (χ1v) is 4.75. The predicted molar refractivity (Wildman–Crippen MR) is 56.2 cm³/mol. The van der Waals surface area contributed by atoms with Crippen LogP contribution in [0.4, 0.5) is 0 Å². The summed E-state index contributed by atoms with van der Waals surface area (Å²) in [5, 5.41) is 23.8. The van der Waals surface area contributed by atoms with Crippen molar-refractivity contribution < 1.29 is 29.7 Å². The zero-order chi connectivity index (χ0) is 13.0. The molecule has 6 nitrogen and oxygen atoms in total. The van der Waals surface area contributed by atoms with Crippen molar-refractivity contribution in [2.45, 2.75) is 32.6 Å². The number of hydrogen-bond donors (Lipinski definition) is 3. The van der Waals surface area contributed by atoms with Crippen LogP contribution in [0.5, 0.6) is 0 Å². The van der Waals surface area contributed by atoms with Crippen molar-refractivity contribution in [3.8, 4) is 0 Å². The van der Waals surface area contributed by atoms with Gasteiger partial charge in [-0.05, 0) is 6.42 Å². The van der Waals surface area contributed by atoms with E-state index >= 15 is 0 Å². The van der Waals surface area contributed by atoms with Crippen molar-refractivity contribution in [1.82, 2.24) is 0 Å². The largest absolute Gasteiger partial charge is 0.481 e. The summed E-state index contributed by atoms with van der Waals surface area (Å²) in [4.78, 5) is 29.0. The van der Waals surface area contributed by atoms with E-state index in [0.717, 1.165) is 19.3 Å². The van der Waals surface area contributed by atoms with E-state index in [1.807, 2.05) is 0 Å². The van der Waals surface area contributed by atoms with Crippen molar-refractivity contribution in [2.24, 2.45) is 0 Å². The summed E-state index contributed by atoms with van der Waals surface area (Å²) >= 11 is 0. The second-order valence-electron chi connectivity index (χ2n) is 2.86. The molecule has 16 heavy (non-hydrogen) atoms. The SMILES string of the molecule is CCCCCC(=O)O.O=C(O)C=CC(=O)O. The minimum Gasteiger partial charge on any atom is -0.481 e. The first-order valence-electron chi connectivity index (χ1n) is 4.75. The van der Waals surface area contributed by atoms with E-state index in [9.17, 15) is 14.4 Å². The maximum absolute atomic E-state index is 9.87. The fourth-order valence-corrected chi connectivity index (χ4v) is 0.669. The molecular formula is C10H16O6. The number of carboxylic acid groups (broad SMARTS) is 3. The number of aliphatic carboxylic acids is 3. The van der Waals surface area contributed by atoms with Crippen LogP contribution in [0.25, 0.3) is 0 Å². The number of rotatable bonds is 6. The van der Waals surface area contributed by atoms with Gasteiger partial charge in [0.2, 0.25) is 0 Å². The summed E-state index contributed by atoms with van der Waals surface area (Å²) in [6, 6.07) is 0. The Labute approximate surface area is 93.2 Å². The van der Waals surface area contributed by atoms with E-state index in [4.69, 9.17) is 15.3 Å². The maximum Gasteiger partial charge on any atom is 0.328 e. The molecule has 0 saturated carbocycles. The van der Waals surface area contributed by atoms with Crippen LogP contribution in [0.3, 0.4) is 0 Å². The van der Waals surface area contributed by atoms with Gasteiger partial charge in [0.05, 0.1) is 0 Å². The number of hydrogen-bond acceptors (Lipinski definition) is 3.